The smallest absolute Gasteiger partial charge is 0.259 e. The Morgan fingerprint density at radius 3 is 3.08 bits per heavy atom. The minimum atomic E-state index is -0.125. The van der Waals surface area contributed by atoms with E-state index >= 15 is 0 Å². The molecule has 1 saturated heterocycles. The standard InChI is InChI=1S/C19H21N5O2/c25-17(7-6-14-4-3-8-20-13-14)23-10-2-1-5-16(23)15-12-18(26)24-11-9-21-19(24)22-15/h3-4,8-9,11-13,16H,1-2,5-7,10H2,(H,21,22)/t16-/m0/s1. The molecule has 4 rings (SSSR count). The number of amides is 1. The number of hydrogen-bond donors (Lipinski definition) is 1. The van der Waals surface area contributed by atoms with Crippen molar-refractivity contribution in [3.63, 3.8) is 0 Å². The number of likely N-dealkylation sites (tertiary alicyclic amines) is 1. The molecule has 0 aromatic carbocycles. The van der Waals surface area contributed by atoms with Crippen LogP contribution in [-0.4, -0.2) is 36.7 Å². The van der Waals surface area contributed by atoms with Crippen LogP contribution in [0.4, 0.5) is 0 Å². The molecule has 134 valence electrons. The average molecular weight is 351 g/mol. The Morgan fingerprint density at radius 1 is 1.31 bits per heavy atom. The van der Waals surface area contributed by atoms with Gasteiger partial charge in [0.25, 0.3) is 5.56 Å². The first-order chi connectivity index (χ1) is 12.7. The van der Waals surface area contributed by atoms with Gasteiger partial charge in [-0.3, -0.25) is 19.0 Å². The van der Waals surface area contributed by atoms with Gasteiger partial charge in [0.05, 0.1) is 6.04 Å². The van der Waals surface area contributed by atoms with Crippen molar-refractivity contribution < 1.29 is 4.79 Å². The number of nitrogens with one attached hydrogen (secondary N) is 1. The van der Waals surface area contributed by atoms with Crippen LogP contribution in [-0.2, 0) is 11.2 Å². The summed E-state index contributed by atoms with van der Waals surface area (Å²) in [5.74, 6) is 0.628. The molecule has 1 amide bonds. The minimum absolute atomic E-state index is 0.0976. The van der Waals surface area contributed by atoms with Crippen molar-refractivity contribution in [3.05, 3.63) is 64.6 Å². The highest BCUT2D eigenvalue weighted by molar-refractivity contribution is 5.77. The van der Waals surface area contributed by atoms with Crippen LogP contribution in [0.15, 0.2) is 47.8 Å². The Labute approximate surface area is 150 Å². The number of imidazole rings is 1. The van der Waals surface area contributed by atoms with Gasteiger partial charge in [0.2, 0.25) is 11.7 Å². The fraction of sp³-hybridized carbons (Fsp3) is 0.368. The van der Waals surface area contributed by atoms with Gasteiger partial charge in [0.15, 0.2) is 0 Å². The van der Waals surface area contributed by atoms with Gasteiger partial charge in [0.1, 0.15) is 0 Å². The molecule has 3 aromatic rings. The van der Waals surface area contributed by atoms with Crippen LogP contribution >= 0.6 is 0 Å². The third-order valence-electron chi connectivity index (χ3n) is 4.95. The van der Waals surface area contributed by atoms with E-state index in [9.17, 15) is 9.59 Å². The lowest BCUT2D eigenvalue weighted by molar-refractivity contribution is -0.135. The van der Waals surface area contributed by atoms with Crippen LogP contribution < -0.4 is 5.56 Å². The zero-order valence-corrected chi connectivity index (χ0v) is 14.5. The lowest BCUT2D eigenvalue weighted by Crippen LogP contribution is -2.39. The third kappa shape index (κ3) is 3.24. The fourth-order valence-corrected chi connectivity index (χ4v) is 3.62. The molecule has 1 aliphatic heterocycles. The number of aromatic amines is 1. The van der Waals surface area contributed by atoms with E-state index in [1.807, 2.05) is 17.0 Å². The number of pyridine rings is 1. The number of hydrogen-bond acceptors (Lipinski definition) is 4. The van der Waals surface area contributed by atoms with Gasteiger partial charge in [0, 0.05) is 49.5 Å². The van der Waals surface area contributed by atoms with Crippen molar-refractivity contribution in [2.45, 2.75) is 38.1 Å². The maximum atomic E-state index is 12.8. The Kier molecular flexibility index (Phi) is 4.51. The molecule has 3 aromatic heterocycles. The van der Waals surface area contributed by atoms with Crippen LogP contribution in [0.2, 0.25) is 0 Å². The summed E-state index contributed by atoms with van der Waals surface area (Å²) in [5.41, 5.74) is 1.70. The normalized spacial score (nSPS) is 17.5. The summed E-state index contributed by atoms with van der Waals surface area (Å²) in [7, 11) is 0. The van der Waals surface area contributed by atoms with E-state index in [2.05, 4.69) is 15.0 Å². The summed E-state index contributed by atoms with van der Waals surface area (Å²) < 4.78 is 1.47. The monoisotopic (exact) mass is 351 g/mol. The van der Waals surface area contributed by atoms with E-state index in [0.717, 1.165) is 37.1 Å². The summed E-state index contributed by atoms with van der Waals surface area (Å²) in [6, 6.07) is 5.36. The van der Waals surface area contributed by atoms with Crippen molar-refractivity contribution >= 4 is 11.7 Å². The SMILES string of the molecule is O=C(CCc1cccnc1)N1CCCC[C@H]1c1cc(=O)n2ccnc2[nH]1. The topological polar surface area (TPSA) is 83.4 Å². The maximum Gasteiger partial charge on any atom is 0.259 e. The first kappa shape index (κ1) is 16.5. The average Bonchev–Trinajstić information content (AvgIpc) is 3.16. The predicted octanol–water partition coefficient (Wildman–Crippen LogP) is 2.10. The summed E-state index contributed by atoms with van der Waals surface area (Å²) in [4.78, 5) is 38.5. The van der Waals surface area contributed by atoms with Crippen LogP contribution in [0.3, 0.4) is 0 Å². The fourth-order valence-electron chi connectivity index (χ4n) is 3.62. The Morgan fingerprint density at radius 2 is 2.23 bits per heavy atom. The maximum absolute atomic E-state index is 12.8. The number of aryl methyl sites for hydroxylation is 1. The molecule has 7 nitrogen and oxygen atoms in total. The molecule has 1 aliphatic rings. The zero-order chi connectivity index (χ0) is 17.9. The Balaban J connectivity index is 1.55. The molecule has 1 fully saturated rings. The molecule has 1 N–H and O–H groups in total. The molecule has 4 heterocycles. The number of rotatable bonds is 4. The molecule has 0 saturated carbocycles. The molecule has 0 bridgehead atoms. The first-order valence-corrected chi connectivity index (χ1v) is 8.97. The van der Waals surface area contributed by atoms with E-state index in [-0.39, 0.29) is 17.5 Å². The van der Waals surface area contributed by atoms with Crippen LogP contribution in [0, 0.1) is 0 Å². The third-order valence-corrected chi connectivity index (χ3v) is 4.95. The second kappa shape index (κ2) is 7.11. The van der Waals surface area contributed by atoms with Gasteiger partial charge >= 0.3 is 0 Å². The van der Waals surface area contributed by atoms with E-state index in [1.54, 1.807) is 30.9 Å². The first-order valence-electron chi connectivity index (χ1n) is 8.97. The number of piperidine rings is 1. The lowest BCUT2D eigenvalue weighted by atomic mass is 9.98. The number of aromatic nitrogens is 4. The van der Waals surface area contributed by atoms with Crippen LogP contribution in [0.1, 0.15) is 43.0 Å². The second-order valence-corrected chi connectivity index (χ2v) is 6.64. The number of fused-ring (bicyclic) bond motifs is 1. The largest absolute Gasteiger partial charge is 0.334 e. The van der Waals surface area contributed by atoms with Gasteiger partial charge in [-0.1, -0.05) is 6.07 Å². The van der Waals surface area contributed by atoms with Gasteiger partial charge < -0.3 is 9.88 Å². The van der Waals surface area contributed by atoms with Gasteiger partial charge in [-0.25, -0.2) is 4.98 Å². The second-order valence-electron chi connectivity index (χ2n) is 6.64. The van der Waals surface area contributed by atoms with Crippen molar-refractivity contribution in [1.82, 2.24) is 24.3 Å². The summed E-state index contributed by atoms with van der Waals surface area (Å²) in [6.45, 7) is 0.720. The van der Waals surface area contributed by atoms with Gasteiger partial charge in [-0.2, -0.15) is 0 Å². The van der Waals surface area contributed by atoms with Crippen molar-refractivity contribution in [2.24, 2.45) is 0 Å². The van der Waals surface area contributed by atoms with E-state index in [4.69, 9.17) is 0 Å². The van der Waals surface area contributed by atoms with Crippen molar-refractivity contribution in [2.75, 3.05) is 6.54 Å². The number of carbonyl (C=O) groups excluding carboxylic acids is 1. The molecule has 0 radical (unpaired) electrons. The quantitative estimate of drug-likeness (QED) is 0.780. The van der Waals surface area contributed by atoms with E-state index in [1.165, 1.54) is 4.40 Å². The predicted molar refractivity (Wildman–Crippen MR) is 96.7 cm³/mol. The highest BCUT2D eigenvalue weighted by atomic mass is 16.2. The van der Waals surface area contributed by atoms with Crippen LogP contribution in [0.25, 0.3) is 5.78 Å². The highest BCUT2D eigenvalue weighted by Gasteiger charge is 2.28. The number of nitrogens with zero attached hydrogens (tertiary/aromatic N) is 4. The Bertz CT molecular complexity index is 963. The van der Waals surface area contributed by atoms with Crippen molar-refractivity contribution in [3.8, 4) is 0 Å². The number of H-pyrrole nitrogens is 1. The van der Waals surface area contributed by atoms with Gasteiger partial charge in [-0.05, 0) is 37.3 Å². The van der Waals surface area contributed by atoms with E-state index < -0.39 is 0 Å². The summed E-state index contributed by atoms with van der Waals surface area (Å²) >= 11 is 0. The van der Waals surface area contributed by atoms with E-state index in [0.29, 0.717) is 18.6 Å². The summed E-state index contributed by atoms with van der Waals surface area (Å²) in [5, 5.41) is 0. The summed E-state index contributed by atoms with van der Waals surface area (Å²) in [6.07, 6.45) is 10.8. The highest BCUT2D eigenvalue weighted by Crippen LogP contribution is 2.30. The molecule has 0 aliphatic carbocycles. The lowest BCUT2D eigenvalue weighted by Gasteiger charge is -2.35. The molecule has 26 heavy (non-hydrogen) atoms. The molecule has 1 atom stereocenters. The zero-order valence-electron chi connectivity index (χ0n) is 14.5. The van der Waals surface area contributed by atoms with Gasteiger partial charge in [-0.15, -0.1) is 0 Å². The minimum Gasteiger partial charge on any atom is -0.334 e. The molecular weight excluding hydrogens is 330 g/mol. The van der Waals surface area contributed by atoms with Crippen molar-refractivity contribution in [1.29, 1.82) is 0 Å². The van der Waals surface area contributed by atoms with Crippen LogP contribution in [0.5, 0.6) is 0 Å². The molecular formula is C19H21N5O2. The molecule has 0 spiro atoms. The molecule has 7 heteroatoms. The number of carbonyl (C=O) groups is 1. The Hall–Kier alpha value is -2.96. The molecule has 0 unspecified atom stereocenters.